The fraction of sp³-hybridized carbons (Fsp3) is 0.227. The van der Waals surface area contributed by atoms with Gasteiger partial charge in [-0.15, -0.1) is 0 Å². The Morgan fingerprint density at radius 1 is 0.857 bits per heavy atom. The molecule has 0 spiro atoms. The molecule has 1 heterocycles. The second-order valence-electron chi connectivity index (χ2n) is 6.74. The van der Waals surface area contributed by atoms with E-state index in [2.05, 4.69) is 5.32 Å². The molecule has 0 fully saturated rings. The number of benzene rings is 2. The lowest BCUT2D eigenvalue weighted by Crippen LogP contribution is -2.43. The lowest BCUT2D eigenvalue weighted by atomic mass is 10.1. The largest absolute Gasteiger partial charge is 0.354 e. The van der Waals surface area contributed by atoms with Crippen molar-refractivity contribution in [3.8, 4) is 0 Å². The molecular weight excluding hydrogens is 354 g/mol. The summed E-state index contributed by atoms with van der Waals surface area (Å²) >= 11 is 0. The fourth-order valence-electron chi connectivity index (χ4n) is 2.88. The summed E-state index contributed by atoms with van der Waals surface area (Å²) in [7, 11) is 0. The van der Waals surface area contributed by atoms with Crippen molar-refractivity contribution >= 4 is 5.91 Å². The fourth-order valence-corrected chi connectivity index (χ4v) is 2.88. The molecule has 0 aliphatic heterocycles. The van der Waals surface area contributed by atoms with Crippen LogP contribution >= 0.6 is 0 Å². The number of aryl methyl sites for hydroxylation is 1. The molecule has 1 N–H and O–H groups in total. The van der Waals surface area contributed by atoms with E-state index in [0.29, 0.717) is 19.5 Å². The van der Waals surface area contributed by atoms with Crippen LogP contribution in [0, 0.1) is 6.92 Å². The van der Waals surface area contributed by atoms with Gasteiger partial charge in [0.25, 0.3) is 0 Å². The number of amides is 1. The van der Waals surface area contributed by atoms with Gasteiger partial charge in [0.15, 0.2) is 0 Å². The van der Waals surface area contributed by atoms with Crippen LogP contribution in [0.15, 0.2) is 76.6 Å². The topological polar surface area (TPSA) is 73.1 Å². The van der Waals surface area contributed by atoms with Crippen LogP contribution in [0.3, 0.4) is 0 Å². The Kier molecular flexibility index (Phi) is 6.22. The molecule has 0 saturated carbocycles. The maximum atomic E-state index is 12.3. The van der Waals surface area contributed by atoms with Crippen molar-refractivity contribution in [3.63, 3.8) is 0 Å². The van der Waals surface area contributed by atoms with Crippen molar-refractivity contribution in [2.24, 2.45) is 0 Å². The minimum atomic E-state index is -0.701. The first-order chi connectivity index (χ1) is 13.5. The number of hydrogen-bond acceptors (Lipinski definition) is 3. The number of carbonyl (C=O) groups excluding carboxylic acids is 1. The van der Waals surface area contributed by atoms with Gasteiger partial charge in [-0.2, -0.15) is 0 Å². The Morgan fingerprint density at radius 2 is 1.50 bits per heavy atom. The number of hydrogen-bond donors (Lipinski definition) is 1. The van der Waals surface area contributed by atoms with E-state index < -0.39 is 11.1 Å². The van der Waals surface area contributed by atoms with Crippen molar-refractivity contribution in [2.75, 3.05) is 6.54 Å². The summed E-state index contributed by atoms with van der Waals surface area (Å²) in [6.07, 6.45) is 3.73. The molecule has 28 heavy (non-hydrogen) atoms. The SMILES string of the molecule is Cc1ccc(Cn2ccn(CC(=O)NCCc3ccccc3)c(=O)c2=O)cc1. The smallest absolute Gasteiger partial charge is 0.316 e. The molecule has 0 radical (unpaired) electrons. The monoisotopic (exact) mass is 377 g/mol. The summed E-state index contributed by atoms with van der Waals surface area (Å²) in [5, 5.41) is 2.78. The average molecular weight is 377 g/mol. The van der Waals surface area contributed by atoms with E-state index in [-0.39, 0.29) is 12.5 Å². The van der Waals surface area contributed by atoms with Crippen molar-refractivity contribution in [1.82, 2.24) is 14.5 Å². The Morgan fingerprint density at radius 3 is 2.21 bits per heavy atom. The zero-order valence-electron chi connectivity index (χ0n) is 15.8. The summed E-state index contributed by atoms with van der Waals surface area (Å²) in [6, 6.07) is 17.6. The number of nitrogens with zero attached hydrogens (tertiary/aromatic N) is 2. The van der Waals surface area contributed by atoms with Gasteiger partial charge in [0.05, 0.1) is 6.54 Å². The summed E-state index contributed by atoms with van der Waals surface area (Å²) in [6.45, 7) is 2.61. The van der Waals surface area contributed by atoms with E-state index in [1.54, 1.807) is 6.20 Å². The third-order valence-corrected chi connectivity index (χ3v) is 4.50. The lowest BCUT2D eigenvalue weighted by molar-refractivity contribution is -0.121. The molecular formula is C22H23N3O3. The Labute approximate surface area is 163 Å². The van der Waals surface area contributed by atoms with Crippen molar-refractivity contribution in [3.05, 3.63) is 104 Å². The van der Waals surface area contributed by atoms with Gasteiger partial charge < -0.3 is 9.88 Å². The van der Waals surface area contributed by atoms with Crippen LogP contribution in [-0.2, 0) is 24.3 Å². The van der Waals surface area contributed by atoms with Crippen LogP contribution in [0.1, 0.15) is 16.7 Å². The first kappa shape index (κ1) is 19.4. The zero-order chi connectivity index (χ0) is 19.9. The van der Waals surface area contributed by atoms with Gasteiger partial charge in [0.2, 0.25) is 5.91 Å². The normalized spacial score (nSPS) is 10.6. The van der Waals surface area contributed by atoms with Gasteiger partial charge >= 0.3 is 11.1 Å². The van der Waals surface area contributed by atoms with Crippen molar-refractivity contribution < 1.29 is 4.79 Å². The Hall–Kier alpha value is -3.41. The Balaban J connectivity index is 1.60. The standard InChI is InChI=1S/C22H23N3O3/c1-17-7-9-19(10-8-17)15-24-13-14-25(22(28)21(24)27)16-20(26)23-12-11-18-5-3-2-4-6-18/h2-10,13-14H,11-12,15-16H2,1H3,(H,23,26). The van der Waals surface area contributed by atoms with Crippen LogP contribution in [0.5, 0.6) is 0 Å². The van der Waals surface area contributed by atoms with Gasteiger partial charge in [-0.3, -0.25) is 19.0 Å². The van der Waals surface area contributed by atoms with E-state index in [1.807, 2.05) is 61.5 Å². The molecule has 6 nitrogen and oxygen atoms in total. The molecule has 0 aliphatic rings. The van der Waals surface area contributed by atoms with Crippen molar-refractivity contribution in [1.29, 1.82) is 0 Å². The van der Waals surface area contributed by atoms with Gasteiger partial charge in [-0.25, -0.2) is 0 Å². The number of nitrogens with one attached hydrogen (secondary N) is 1. The van der Waals surface area contributed by atoms with Gasteiger partial charge in [-0.1, -0.05) is 60.2 Å². The van der Waals surface area contributed by atoms with Crippen LogP contribution in [0.2, 0.25) is 0 Å². The molecule has 0 unspecified atom stereocenters. The molecule has 0 aliphatic carbocycles. The highest BCUT2D eigenvalue weighted by Crippen LogP contribution is 2.04. The van der Waals surface area contributed by atoms with E-state index in [4.69, 9.17) is 0 Å². The molecule has 2 aromatic carbocycles. The third-order valence-electron chi connectivity index (χ3n) is 4.50. The molecule has 6 heteroatoms. The molecule has 0 saturated heterocycles. The van der Waals surface area contributed by atoms with Gasteiger partial charge in [0, 0.05) is 18.9 Å². The molecule has 0 bridgehead atoms. The first-order valence-corrected chi connectivity index (χ1v) is 9.19. The maximum absolute atomic E-state index is 12.3. The van der Waals surface area contributed by atoms with E-state index >= 15 is 0 Å². The predicted octanol–water partition coefficient (Wildman–Crippen LogP) is 1.73. The summed E-state index contributed by atoms with van der Waals surface area (Å²) in [5.41, 5.74) is 1.85. The average Bonchev–Trinajstić information content (AvgIpc) is 2.70. The second-order valence-corrected chi connectivity index (χ2v) is 6.74. The summed E-state index contributed by atoms with van der Waals surface area (Å²) in [4.78, 5) is 36.7. The lowest BCUT2D eigenvalue weighted by Gasteiger charge is -2.10. The molecule has 1 aromatic heterocycles. The zero-order valence-corrected chi connectivity index (χ0v) is 15.8. The second kappa shape index (κ2) is 8.99. The number of carbonyl (C=O) groups is 1. The number of aromatic nitrogens is 2. The van der Waals surface area contributed by atoms with Gasteiger partial charge in [0.1, 0.15) is 6.54 Å². The molecule has 3 aromatic rings. The molecule has 1 amide bonds. The van der Waals surface area contributed by atoms with E-state index in [1.165, 1.54) is 10.8 Å². The highest BCUT2D eigenvalue weighted by atomic mass is 16.2. The third kappa shape index (κ3) is 5.07. The highest BCUT2D eigenvalue weighted by molar-refractivity contribution is 5.75. The van der Waals surface area contributed by atoms with Crippen molar-refractivity contribution in [2.45, 2.75) is 26.4 Å². The summed E-state index contributed by atoms with van der Waals surface area (Å²) in [5.74, 6) is -0.297. The molecule has 0 atom stereocenters. The molecule has 144 valence electrons. The van der Waals surface area contributed by atoms with Crippen LogP contribution < -0.4 is 16.4 Å². The maximum Gasteiger partial charge on any atom is 0.316 e. The van der Waals surface area contributed by atoms with Crippen LogP contribution in [0.25, 0.3) is 0 Å². The first-order valence-electron chi connectivity index (χ1n) is 9.19. The van der Waals surface area contributed by atoms with Crippen LogP contribution in [-0.4, -0.2) is 21.6 Å². The van der Waals surface area contributed by atoms with E-state index in [0.717, 1.165) is 21.3 Å². The summed E-state index contributed by atoms with van der Waals surface area (Å²) < 4.78 is 2.50. The van der Waals surface area contributed by atoms with E-state index in [9.17, 15) is 14.4 Å². The minimum Gasteiger partial charge on any atom is -0.354 e. The Bertz CT molecular complexity index is 1050. The highest BCUT2D eigenvalue weighted by Gasteiger charge is 2.09. The quantitative estimate of drug-likeness (QED) is 0.637. The molecule has 3 rings (SSSR count). The number of rotatable bonds is 7. The minimum absolute atomic E-state index is 0.172. The van der Waals surface area contributed by atoms with Crippen LogP contribution in [0.4, 0.5) is 0 Å². The van der Waals surface area contributed by atoms with Gasteiger partial charge in [-0.05, 0) is 24.5 Å². The predicted molar refractivity (Wildman–Crippen MR) is 108 cm³/mol.